The predicted molar refractivity (Wildman–Crippen MR) is 112 cm³/mol. The van der Waals surface area contributed by atoms with Crippen LogP contribution in [0.25, 0.3) is 20.2 Å². The van der Waals surface area contributed by atoms with E-state index in [-0.39, 0.29) is 0 Å². The van der Waals surface area contributed by atoms with Crippen LogP contribution < -0.4 is 5.32 Å². The number of nitrogens with one attached hydrogen (secondary N) is 1. The quantitative estimate of drug-likeness (QED) is 0.457. The predicted octanol–water partition coefficient (Wildman–Crippen LogP) is 5.29. The van der Waals surface area contributed by atoms with E-state index < -0.39 is 5.60 Å². The second kappa shape index (κ2) is 7.20. The molecular weight excluding hydrogens is 338 g/mol. The normalized spacial score (nSPS) is 13.9. The average Bonchev–Trinajstić information content (AvgIpc) is 3.06. The van der Waals surface area contributed by atoms with E-state index in [9.17, 15) is 5.11 Å². The van der Waals surface area contributed by atoms with Gasteiger partial charge in [0, 0.05) is 20.2 Å². The van der Waals surface area contributed by atoms with E-state index in [2.05, 4.69) is 54.7 Å². The molecule has 2 nitrogen and oxygen atoms in total. The monoisotopic (exact) mass is 361 g/mol. The maximum Gasteiger partial charge on any atom is 0.116 e. The molecule has 0 aliphatic heterocycles. The van der Waals surface area contributed by atoms with Gasteiger partial charge in [0.25, 0.3) is 0 Å². The minimum atomic E-state index is -0.999. The zero-order chi connectivity index (χ0) is 18.0. The van der Waals surface area contributed by atoms with Gasteiger partial charge >= 0.3 is 0 Å². The van der Waals surface area contributed by atoms with Crippen LogP contribution in [0.1, 0.15) is 24.5 Å². The van der Waals surface area contributed by atoms with Gasteiger partial charge < -0.3 is 10.4 Å². The van der Waals surface area contributed by atoms with Gasteiger partial charge in [0.2, 0.25) is 0 Å². The molecule has 26 heavy (non-hydrogen) atoms. The van der Waals surface area contributed by atoms with E-state index in [1.54, 1.807) is 11.3 Å². The summed E-state index contributed by atoms with van der Waals surface area (Å²) in [4.78, 5) is 0. The van der Waals surface area contributed by atoms with Gasteiger partial charge in [-0.25, -0.2) is 0 Å². The molecule has 0 fully saturated rings. The summed E-state index contributed by atoms with van der Waals surface area (Å²) < 4.78 is 2.55. The van der Waals surface area contributed by atoms with Crippen LogP contribution in [-0.4, -0.2) is 18.2 Å². The maximum atomic E-state index is 11.7. The second-order valence-corrected chi connectivity index (χ2v) is 7.72. The van der Waals surface area contributed by atoms with Crippen LogP contribution in [0, 0.1) is 0 Å². The van der Waals surface area contributed by atoms with E-state index >= 15 is 0 Å². The van der Waals surface area contributed by atoms with Crippen LogP contribution in [-0.2, 0) is 5.60 Å². The first kappa shape index (κ1) is 17.2. The molecule has 4 aromatic rings. The Morgan fingerprint density at radius 3 is 2.38 bits per heavy atom. The van der Waals surface area contributed by atoms with Crippen molar-refractivity contribution in [1.82, 2.24) is 5.32 Å². The van der Waals surface area contributed by atoms with Crippen LogP contribution >= 0.6 is 11.3 Å². The van der Waals surface area contributed by atoms with Crippen LogP contribution in [0.5, 0.6) is 0 Å². The van der Waals surface area contributed by atoms with Crippen LogP contribution in [0.3, 0.4) is 0 Å². The van der Waals surface area contributed by atoms with Gasteiger partial charge in [-0.05, 0) is 48.8 Å². The van der Waals surface area contributed by atoms with Gasteiger partial charge in [-0.3, -0.25) is 0 Å². The Hall–Kier alpha value is -2.20. The Morgan fingerprint density at radius 1 is 0.846 bits per heavy atom. The van der Waals surface area contributed by atoms with E-state index in [0.29, 0.717) is 6.42 Å². The fraction of sp³-hybridized carbons (Fsp3) is 0.217. The lowest BCUT2D eigenvalue weighted by molar-refractivity contribution is 0.0714. The third-order valence-corrected chi connectivity index (χ3v) is 6.17. The van der Waals surface area contributed by atoms with Crippen molar-refractivity contribution < 1.29 is 5.11 Å². The molecule has 0 spiro atoms. The number of benzene rings is 3. The summed E-state index contributed by atoms with van der Waals surface area (Å²) in [7, 11) is 0. The number of fused-ring (bicyclic) bond motifs is 3. The minimum Gasteiger partial charge on any atom is -0.380 e. The minimum absolute atomic E-state index is 0.637. The van der Waals surface area contributed by atoms with Crippen molar-refractivity contribution in [3.8, 4) is 0 Å². The molecule has 1 atom stereocenters. The van der Waals surface area contributed by atoms with Crippen molar-refractivity contribution in [3.63, 3.8) is 0 Å². The lowest BCUT2D eigenvalue weighted by Gasteiger charge is -2.30. The highest BCUT2D eigenvalue weighted by molar-refractivity contribution is 7.25. The maximum absolute atomic E-state index is 11.7. The first-order valence-corrected chi connectivity index (χ1v) is 9.94. The highest BCUT2D eigenvalue weighted by atomic mass is 32.1. The average molecular weight is 362 g/mol. The highest BCUT2D eigenvalue weighted by Crippen LogP contribution is 2.39. The number of hydrogen-bond donors (Lipinski definition) is 2. The van der Waals surface area contributed by atoms with E-state index in [0.717, 1.165) is 24.2 Å². The number of hydrogen-bond acceptors (Lipinski definition) is 3. The molecule has 0 bridgehead atoms. The molecule has 0 saturated carbocycles. The van der Waals surface area contributed by atoms with E-state index in [4.69, 9.17) is 0 Å². The largest absolute Gasteiger partial charge is 0.380 e. The summed E-state index contributed by atoms with van der Waals surface area (Å²) in [6, 6.07) is 24.9. The summed E-state index contributed by atoms with van der Waals surface area (Å²) in [5.74, 6) is 0. The van der Waals surface area contributed by atoms with Gasteiger partial charge in [-0.1, -0.05) is 61.5 Å². The summed E-state index contributed by atoms with van der Waals surface area (Å²) >= 11 is 1.80. The standard InChI is InChI=1S/C23H23NOS/c1-2-24-15-14-23(25,17-8-4-3-5-9-17)18-12-13-22-20(16-18)19-10-6-7-11-21(19)26-22/h3-13,16,24-25H,2,14-15H2,1H3. The first-order chi connectivity index (χ1) is 12.7. The molecule has 0 amide bonds. The molecule has 2 N–H and O–H groups in total. The topological polar surface area (TPSA) is 32.3 Å². The molecule has 1 heterocycles. The van der Waals surface area contributed by atoms with Crippen molar-refractivity contribution in [3.05, 3.63) is 83.9 Å². The molecule has 0 aliphatic carbocycles. The fourth-order valence-electron chi connectivity index (χ4n) is 3.60. The third kappa shape index (κ3) is 3.03. The smallest absolute Gasteiger partial charge is 0.116 e. The summed E-state index contributed by atoms with van der Waals surface area (Å²) in [6.07, 6.45) is 0.637. The SMILES string of the molecule is CCNCCC(O)(c1ccccc1)c1ccc2sc3ccccc3c2c1. The van der Waals surface area contributed by atoms with Crippen molar-refractivity contribution in [1.29, 1.82) is 0 Å². The van der Waals surface area contributed by atoms with Gasteiger partial charge in [-0.15, -0.1) is 11.3 Å². The molecular formula is C23H23NOS. The molecule has 0 radical (unpaired) electrons. The molecule has 1 unspecified atom stereocenters. The lowest BCUT2D eigenvalue weighted by Crippen LogP contribution is -2.32. The molecule has 4 rings (SSSR count). The summed E-state index contributed by atoms with van der Waals surface area (Å²) in [5, 5.41) is 17.5. The zero-order valence-corrected chi connectivity index (χ0v) is 15.7. The number of thiophene rings is 1. The van der Waals surface area contributed by atoms with Crippen molar-refractivity contribution in [2.75, 3.05) is 13.1 Å². The van der Waals surface area contributed by atoms with Crippen LogP contribution in [0.2, 0.25) is 0 Å². The lowest BCUT2D eigenvalue weighted by atomic mass is 9.83. The third-order valence-electron chi connectivity index (χ3n) is 5.02. The Bertz CT molecular complexity index is 1020. The Morgan fingerprint density at radius 2 is 1.58 bits per heavy atom. The molecule has 132 valence electrons. The highest BCUT2D eigenvalue weighted by Gasteiger charge is 2.31. The molecule has 3 heteroatoms. The number of aliphatic hydroxyl groups is 1. The second-order valence-electron chi connectivity index (χ2n) is 6.64. The zero-order valence-electron chi connectivity index (χ0n) is 14.9. The van der Waals surface area contributed by atoms with E-state index in [1.165, 1.54) is 20.2 Å². The number of rotatable bonds is 6. The van der Waals surface area contributed by atoms with Crippen LogP contribution in [0.4, 0.5) is 0 Å². The molecule has 3 aromatic carbocycles. The van der Waals surface area contributed by atoms with Gasteiger partial charge in [0.1, 0.15) is 5.60 Å². The Labute approximate surface area is 158 Å². The van der Waals surface area contributed by atoms with E-state index in [1.807, 2.05) is 30.3 Å². The summed E-state index contributed by atoms with van der Waals surface area (Å²) in [5.41, 5.74) is 0.898. The van der Waals surface area contributed by atoms with Crippen molar-refractivity contribution in [2.45, 2.75) is 18.9 Å². The summed E-state index contributed by atoms with van der Waals surface area (Å²) in [6.45, 7) is 3.76. The van der Waals surface area contributed by atoms with Gasteiger partial charge in [0.05, 0.1) is 0 Å². The van der Waals surface area contributed by atoms with Gasteiger partial charge in [-0.2, -0.15) is 0 Å². The Balaban J connectivity index is 1.85. The van der Waals surface area contributed by atoms with Crippen molar-refractivity contribution in [2.24, 2.45) is 0 Å². The molecule has 0 aliphatic rings. The fourth-order valence-corrected chi connectivity index (χ4v) is 4.69. The van der Waals surface area contributed by atoms with Crippen molar-refractivity contribution >= 4 is 31.5 Å². The first-order valence-electron chi connectivity index (χ1n) is 9.13. The van der Waals surface area contributed by atoms with Crippen LogP contribution in [0.15, 0.2) is 72.8 Å². The molecule has 0 saturated heterocycles. The van der Waals surface area contributed by atoms with Gasteiger partial charge in [0.15, 0.2) is 0 Å². The Kier molecular flexibility index (Phi) is 4.77. The molecule has 1 aromatic heterocycles.